The van der Waals surface area contributed by atoms with E-state index >= 15 is 0 Å². The summed E-state index contributed by atoms with van der Waals surface area (Å²) in [4.78, 5) is 4.11. The van der Waals surface area contributed by atoms with E-state index in [-0.39, 0.29) is 0 Å². The monoisotopic (exact) mass is 267 g/mol. The summed E-state index contributed by atoms with van der Waals surface area (Å²) in [5, 5.41) is 0.634. The van der Waals surface area contributed by atoms with Crippen LogP contribution >= 0.6 is 34.2 Å². The van der Waals surface area contributed by atoms with Crippen molar-refractivity contribution >= 4 is 34.2 Å². The van der Waals surface area contributed by atoms with E-state index in [0.717, 1.165) is 15.7 Å². The highest BCUT2D eigenvalue weighted by atomic mass is 127. The van der Waals surface area contributed by atoms with Crippen molar-refractivity contribution in [2.75, 3.05) is 0 Å². The van der Waals surface area contributed by atoms with E-state index in [0.29, 0.717) is 5.15 Å². The minimum Gasteiger partial charge on any atom is -0.241 e. The van der Waals surface area contributed by atoms with Gasteiger partial charge in [-0.05, 0) is 18.6 Å². The molecule has 0 amide bonds. The Morgan fingerprint density at radius 1 is 1.60 bits per heavy atom. The van der Waals surface area contributed by atoms with Crippen molar-refractivity contribution in [3.8, 4) is 0 Å². The van der Waals surface area contributed by atoms with Crippen molar-refractivity contribution in [2.24, 2.45) is 0 Å². The molecule has 0 aromatic carbocycles. The number of rotatable bonds is 1. The minimum atomic E-state index is 0.634. The van der Waals surface area contributed by atoms with Gasteiger partial charge in [0.2, 0.25) is 0 Å². The minimum absolute atomic E-state index is 0.634. The van der Waals surface area contributed by atoms with E-state index in [1.807, 2.05) is 19.1 Å². The van der Waals surface area contributed by atoms with Crippen LogP contribution in [-0.4, -0.2) is 4.98 Å². The number of halogens is 2. The van der Waals surface area contributed by atoms with Crippen molar-refractivity contribution in [2.45, 2.75) is 11.4 Å². The molecule has 1 aromatic heterocycles. The number of alkyl halides is 1. The molecule has 3 heteroatoms. The van der Waals surface area contributed by atoms with Crippen molar-refractivity contribution in [3.63, 3.8) is 0 Å². The lowest BCUT2D eigenvalue weighted by atomic mass is 10.3. The molecule has 0 spiro atoms. The molecule has 0 unspecified atom stereocenters. The van der Waals surface area contributed by atoms with E-state index in [9.17, 15) is 0 Å². The third-order valence-electron chi connectivity index (χ3n) is 1.21. The summed E-state index contributed by atoms with van der Waals surface area (Å²) in [6, 6.07) is 3.98. The molecular weight excluding hydrogens is 260 g/mol. The lowest BCUT2D eigenvalue weighted by Gasteiger charge is -1.98. The molecule has 1 aromatic rings. The van der Waals surface area contributed by atoms with Gasteiger partial charge >= 0.3 is 0 Å². The zero-order valence-corrected chi connectivity index (χ0v) is 8.48. The summed E-state index contributed by atoms with van der Waals surface area (Å²) in [5.41, 5.74) is 2.08. The zero-order valence-electron chi connectivity index (χ0n) is 5.56. The van der Waals surface area contributed by atoms with Gasteiger partial charge in [0.25, 0.3) is 0 Å². The first-order chi connectivity index (χ1) is 4.74. The number of hydrogen-bond acceptors (Lipinski definition) is 1. The van der Waals surface area contributed by atoms with Crippen LogP contribution < -0.4 is 0 Å². The fraction of sp³-hybridized carbons (Fsp3) is 0.286. The molecular formula is C7H7ClIN. The standard InChI is InChI=1S/C7H7ClIN/c1-5-2-3-6(4-9)7(8)10-5/h2-3H,4H2,1H3. The van der Waals surface area contributed by atoms with Crippen LogP contribution in [0.2, 0.25) is 5.15 Å². The average Bonchev–Trinajstić information content (AvgIpc) is 1.88. The van der Waals surface area contributed by atoms with Crippen molar-refractivity contribution < 1.29 is 0 Å². The van der Waals surface area contributed by atoms with Gasteiger partial charge in [-0.25, -0.2) is 4.98 Å². The van der Waals surface area contributed by atoms with E-state index in [4.69, 9.17) is 11.6 Å². The highest BCUT2D eigenvalue weighted by molar-refractivity contribution is 14.1. The largest absolute Gasteiger partial charge is 0.241 e. The quantitative estimate of drug-likeness (QED) is 0.433. The van der Waals surface area contributed by atoms with E-state index < -0.39 is 0 Å². The lowest BCUT2D eigenvalue weighted by molar-refractivity contribution is 1.17. The first-order valence-electron chi connectivity index (χ1n) is 2.92. The normalized spacial score (nSPS) is 9.90. The topological polar surface area (TPSA) is 12.9 Å². The number of pyridine rings is 1. The summed E-state index contributed by atoms with van der Waals surface area (Å²) in [6.45, 7) is 1.93. The van der Waals surface area contributed by atoms with Crippen LogP contribution in [0.25, 0.3) is 0 Å². The third kappa shape index (κ3) is 1.83. The molecule has 1 heterocycles. The second-order valence-electron chi connectivity index (χ2n) is 2.04. The maximum atomic E-state index is 5.81. The molecule has 0 saturated carbocycles. The van der Waals surface area contributed by atoms with Crippen LogP contribution in [0.4, 0.5) is 0 Å². The predicted molar refractivity (Wildman–Crippen MR) is 51.7 cm³/mol. The molecule has 1 rings (SSSR count). The predicted octanol–water partition coefficient (Wildman–Crippen LogP) is 2.98. The smallest absolute Gasteiger partial charge is 0.133 e. The van der Waals surface area contributed by atoms with Crippen molar-refractivity contribution in [1.29, 1.82) is 0 Å². The SMILES string of the molecule is Cc1ccc(CI)c(Cl)n1. The Morgan fingerprint density at radius 2 is 2.30 bits per heavy atom. The Hall–Kier alpha value is 0.170. The number of aryl methyl sites for hydroxylation is 1. The van der Waals surface area contributed by atoms with Gasteiger partial charge in [0.1, 0.15) is 5.15 Å². The number of aromatic nitrogens is 1. The fourth-order valence-corrected chi connectivity index (χ4v) is 1.76. The Bertz CT molecular complexity index is 237. The molecule has 0 N–H and O–H groups in total. The molecule has 10 heavy (non-hydrogen) atoms. The van der Waals surface area contributed by atoms with Gasteiger partial charge in [-0.2, -0.15) is 0 Å². The summed E-state index contributed by atoms with van der Waals surface area (Å²) in [6.07, 6.45) is 0. The molecule has 0 saturated heterocycles. The van der Waals surface area contributed by atoms with Crippen LogP contribution in [0.5, 0.6) is 0 Å². The average molecular weight is 267 g/mol. The van der Waals surface area contributed by atoms with Crippen LogP contribution in [0.3, 0.4) is 0 Å². The zero-order chi connectivity index (χ0) is 7.56. The van der Waals surface area contributed by atoms with Crippen LogP contribution in [0.15, 0.2) is 12.1 Å². The van der Waals surface area contributed by atoms with Gasteiger partial charge in [-0.15, -0.1) is 0 Å². The van der Waals surface area contributed by atoms with Gasteiger partial charge in [-0.3, -0.25) is 0 Å². The van der Waals surface area contributed by atoms with E-state index in [1.165, 1.54) is 0 Å². The second-order valence-corrected chi connectivity index (χ2v) is 3.16. The fourth-order valence-electron chi connectivity index (χ4n) is 0.654. The molecule has 0 fully saturated rings. The van der Waals surface area contributed by atoms with Gasteiger partial charge < -0.3 is 0 Å². The highest BCUT2D eigenvalue weighted by Gasteiger charge is 1.97. The second kappa shape index (κ2) is 3.53. The Morgan fingerprint density at radius 3 is 2.80 bits per heavy atom. The third-order valence-corrected chi connectivity index (χ3v) is 2.36. The molecule has 0 aliphatic heterocycles. The maximum absolute atomic E-state index is 5.81. The lowest BCUT2D eigenvalue weighted by Crippen LogP contribution is -1.86. The van der Waals surface area contributed by atoms with E-state index in [2.05, 4.69) is 27.6 Å². The highest BCUT2D eigenvalue weighted by Crippen LogP contribution is 2.16. The van der Waals surface area contributed by atoms with Crippen LogP contribution in [0, 0.1) is 6.92 Å². The summed E-state index contributed by atoms with van der Waals surface area (Å²) in [5.74, 6) is 0. The molecule has 0 aliphatic rings. The molecule has 1 nitrogen and oxygen atoms in total. The van der Waals surface area contributed by atoms with Crippen molar-refractivity contribution in [1.82, 2.24) is 4.98 Å². The molecule has 0 aliphatic carbocycles. The number of nitrogens with zero attached hydrogens (tertiary/aromatic N) is 1. The Kier molecular flexibility index (Phi) is 2.92. The Labute approximate surface area is 78.9 Å². The summed E-state index contributed by atoms with van der Waals surface area (Å²) >= 11 is 8.08. The number of hydrogen-bond donors (Lipinski definition) is 0. The summed E-state index contributed by atoms with van der Waals surface area (Å²) in [7, 11) is 0. The molecule has 0 atom stereocenters. The van der Waals surface area contributed by atoms with Gasteiger partial charge in [0, 0.05) is 10.1 Å². The van der Waals surface area contributed by atoms with Gasteiger partial charge in [0.05, 0.1) is 0 Å². The molecule has 54 valence electrons. The van der Waals surface area contributed by atoms with Gasteiger partial charge in [0.15, 0.2) is 0 Å². The van der Waals surface area contributed by atoms with Crippen LogP contribution in [0.1, 0.15) is 11.3 Å². The van der Waals surface area contributed by atoms with Crippen molar-refractivity contribution in [3.05, 3.63) is 28.5 Å². The maximum Gasteiger partial charge on any atom is 0.133 e. The summed E-state index contributed by atoms with van der Waals surface area (Å²) < 4.78 is 0.921. The van der Waals surface area contributed by atoms with Gasteiger partial charge in [-0.1, -0.05) is 40.3 Å². The van der Waals surface area contributed by atoms with Crippen LogP contribution in [-0.2, 0) is 4.43 Å². The molecule has 0 bridgehead atoms. The molecule has 0 radical (unpaired) electrons. The first kappa shape index (κ1) is 8.27. The first-order valence-corrected chi connectivity index (χ1v) is 4.82. The van der Waals surface area contributed by atoms with E-state index in [1.54, 1.807) is 0 Å². The Balaban J connectivity index is 3.07.